The molecule has 0 spiro atoms. The number of hydrogen-bond donors (Lipinski definition) is 3. The van der Waals surface area contributed by atoms with Gasteiger partial charge in [-0.05, 0) is 74.8 Å². The van der Waals surface area contributed by atoms with Crippen LogP contribution in [0.3, 0.4) is 0 Å². The predicted molar refractivity (Wildman–Crippen MR) is 145 cm³/mol. The van der Waals surface area contributed by atoms with Crippen LogP contribution in [0.1, 0.15) is 49.7 Å². The molecule has 1 aromatic heterocycles. The van der Waals surface area contributed by atoms with Crippen molar-refractivity contribution in [1.29, 1.82) is 0 Å². The summed E-state index contributed by atoms with van der Waals surface area (Å²) in [5.41, 5.74) is 2.96. The zero-order chi connectivity index (χ0) is 25.4. The van der Waals surface area contributed by atoms with E-state index >= 15 is 0 Å². The monoisotopic (exact) mass is 515 g/mol. The molecule has 4 bridgehead atoms. The van der Waals surface area contributed by atoms with Crippen LogP contribution in [0.5, 0.6) is 0 Å². The van der Waals surface area contributed by atoms with Crippen LogP contribution in [0.25, 0.3) is 10.6 Å². The molecule has 3 N–H and O–H groups in total. The number of nitrogens with zero attached hydrogens (tertiary/aromatic N) is 2. The van der Waals surface area contributed by atoms with E-state index in [-0.39, 0.29) is 17.5 Å². The standard InChI is InChI=1S/C29H33N5O2S/c1-18-6-5-9-23(10-18)26-33-34-28(37-26)31-25(35)24(14-19-7-3-2-4-8-19)30-27(36)32-29-15-20-11-21(16-29)13-22(12-20)17-29/h2-10,20-22,24H,11-17H2,1H3,(H2,30,32,36)(H,31,34,35). The second-order valence-electron chi connectivity index (χ2n) is 11.3. The van der Waals surface area contributed by atoms with Gasteiger partial charge in [0.15, 0.2) is 0 Å². The Morgan fingerprint density at radius 3 is 2.35 bits per heavy atom. The maximum Gasteiger partial charge on any atom is 0.315 e. The fourth-order valence-electron chi connectivity index (χ4n) is 7.12. The van der Waals surface area contributed by atoms with Gasteiger partial charge in [-0.2, -0.15) is 0 Å². The van der Waals surface area contributed by atoms with E-state index in [9.17, 15) is 9.59 Å². The first kappa shape index (κ1) is 24.1. The van der Waals surface area contributed by atoms with Crippen LogP contribution < -0.4 is 16.0 Å². The van der Waals surface area contributed by atoms with Crippen molar-refractivity contribution in [2.45, 2.75) is 63.5 Å². The molecule has 8 heteroatoms. The molecule has 1 heterocycles. The Labute approximate surface area is 221 Å². The number of anilines is 1. The van der Waals surface area contributed by atoms with Crippen molar-refractivity contribution in [3.8, 4) is 10.6 Å². The summed E-state index contributed by atoms with van der Waals surface area (Å²) in [4.78, 5) is 26.7. The van der Waals surface area contributed by atoms with Crippen LogP contribution in [0, 0.1) is 24.7 Å². The van der Waals surface area contributed by atoms with Crippen molar-refractivity contribution in [2.24, 2.45) is 17.8 Å². The molecular weight excluding hydrogens is 482 g/mol. The molecule has 3 aromatic rings. The highest BCUT2D eigenvalue weighted by Crippen LogP contribution is 2.55. The molecule has 192 valence electrons. The van der Waals surface area contributed by atoms with Gasteiger partial charge in [-0.3, -0.25) is 10.1 Å². The summed E-state index contributed by atoms with van der Waals surface area (Å²) in [5, 5.41) is 18.8. The first-order valence-corrected chi connectivity index (χ1v) is 14.1. The fraction of sp³-hybridized carbons (Fsp3) is 0.448. The molecule has 4 aliphatic rings. The largest absolute Gasteiger partial charge is 0.333 e. The zero-order valence-electron chi connectivity index (χ0n) is 21.1. The summed E-state index contributed by atoms with van der Waals surface area (Å²) in [6.45, 7) is 2.03. The molecule has 7 rings (SSSR count). The normalized spacial score (nSPS) is 26.5. The van der Waals surface area contributed by atoms with Crippen LogP contribution in [0.15, 0.2) is 54.6 Å². The second-order valence-corrected chi connectivity index (χ2v) is 12.3. The minimum atomic E-state index is -0.734. The van der Waals surface area contributed by atoms with Gasteiger partial charge in [0, 0.05) is 17.5 Å². The summed E-state index contributed by atoms with van der Waals surface area (Å²) < 4.78 is 0. The number of carbonyl (C=O) groups excluding carboxylic acids is 2. The Morgan fingerprint density at radius 2 is 1.68 bits per heavy atom. The van der Waals surface area contributed by atoms with E-state index in [0.29, 0.717) is 11.6 Å². The van der Waals surface area contributed by atoms with E-state index in [4.69, 9.17) is 0 Å². The molecule has 0 aliphatic heterocycles. The van der Waals surface area contributed by atoms with Gasteiger partial charge in [0.1, 0.15) is 11.0 Å². The lowest BCUT2D eigenvalue weighted by molar-refractivity contribution is -0.118. The zero-order valence-corrected chi connectivity index (χ0v) is 21.9. The first-order valence-electron chi connectivity index (χ1n) is 13.3. The van der Waals surface area contributed by atoms with E-state index in [1.165, 1.54) is 30.6 Å². The average Bonchev–Trinajstić information content (AvgIpc) is 3.31. The number of amides is 3. The summed E-state index contributed by atoms with van der Waals surface area (Å²) in [5.74, 6) is 1.90. The van der Waals surface area contributed by atoms with E-state index in [2.05, 4.69) is 26.1 Å². The van der Waals surface area contributed by atoms with Gasteiger partial charge in [-0.15, -0.1) is 10.2 Å². The third-order valence-corrected chi connectivity index (χ3v) is 9.13. The number of benzene rings is 2. The summed E-state index contributed by atoms with van der Waals surface area (Å²) in [6, 6.07) is 16.8. The maximum absolute atomic E-state index is 13.4. The smallest absolute Gasteiger partial charge is 0.315 e. The lowest BCUT2D eigenvalue weighted by atomic mass is 9.53. The first-order chi connectivity index (χ1) is 17.9. The van der Waals surface area contributed by atoms with Gasteiger partial charge in [0.2, 0.25) is 11.0 Å². The Bertz CT molecular complexity index is 1250. The number of hydrogen-bond acceptors (Lipinski definition) is 5. The van der Waals surface area contributed by atoms with Crippen LogP contribution in [0.2, 0.25) is 0 Å². The Morgan fingerprint density at radius 1 is 0.973 bits per heavy atom. The highest BCUT2D eigenvalue weighted by atomic mass is 32.1. The van der Waals surface area contributed by atoms with E-state index in [1.54, 1.807) is 0 Å². The van der Waals surface area contributed by atoms with Gasteiger partial charge in [0.25, 0.3) is 0 Å². The number of carbonyl (C=O) groups is 2. The molecule has 37 heavy (non-hydrogen) atoms. The Hall–Kier alpha value is -3.26. The second kappa shape index (κ2) is 9.89. The molecule has 2 aromatic carbocycles. The third kappa shape index (κ3) is 5.39. The number of aromatic nitrogens is 2. The van der Waals surface area contributed by atoms with Gasteiger partial charge in [-0.25, -0.2) is 4.79 Å². The van der Waals surface area contributed by atoms with Crippen LogP contribution in [-0.4, -0.2) is 33.7 Å². The third-order valence-electron chi connectivity index (χ3n) is 8.24. The lowest BCUT2D eigenvalue weighted by Gasteiger charge is -2.56. The molecule has 4 aliphatic carbocycles. The summed E-state index contributed by atoms with van der Waals surface area (Å²) in [7, 11) is 0. The van der Waals surface area contributed by atoms with Crippen molar-refractivity contribution in [2.75, 3.05) is 5.32 Å². The van der Waals surface area contributed by atoms with E-state index in [0.717, 1.165) is 58.7 Å². The molecule has 0 saturated heterocycles. The number of nitrogens with one attached hydrogen (secondary N) is 3. The van der Waals surface area contributed by atoms with Crippen molar-refractivity contribution in [3.05, 3.63) is 65.7 Å². The predicted octanol–water partition coefficient (Wildman–Crippen LogP) is 5.33. The maximum atomic E-state index is 13.4. The van der Waals surface area contributed by atoms with Crippen LogP contribution >= 0.6 is 11.3 Å². The van der Waals surface area contributed by atoms with Gasteiger partial charge < -0.3 is 10.6 Å². The van der Waals surface area contributed by atoms with Gasteiger partial charge >= 0.3 is 6.03 Å². The van der Waals surface area contributed by atoms with Crippen molar-refractivity contribution in [3.63, 3.8) is 0 Å². The molecule has 7 nitrogen and oxygen atoms in total. The summed E-state index contributed by atoms with van der Waals surface area (Å²) in [6.07, 6.45) is 7.53. The van der Waals surface area contributed by atoms with Gasteiger partial charge in [-0.1, -0.05) is 65.4 Å². The van der Waals surface area contributed by atoms with Crippen LogP contribution in [-0.2, 0) is 11.2 Å². The fourth-order valence-corrected chi connectivity index (χ4v) is 7.86. The lowest BCUT2D eigenvalue weighted by Crippen LogP contribution is -2.62. The van der Waals surface area contributed by atoms with Crippen molar-refractivity contribution < 1.29 is 9.59 Å². The number of rotatable bonds is 7. The quantitative estimate of drug-likeness (QED) is 0.396. The van der Waals surface area contributed by atoms with Crippen molar-refractivity contribution >= 4 is 28.4 Å². The molecular formula is C29H33N5O2S. The average molecular weight is 516 g/mol. The van der Waals surface area contributed by atoms with Crippen molar-refractivity contribution in [1.82, 2.24) is 20.8 Å². The number of urea groups is 1. The topological polar surface area (TPSA) is 96.0 Å². The summed E-state index contributed by atoms with van der Waals surface area (Å²) >= 11 is 1.33. The minimum absolute atomic E-state index is 0.117. The molecule has 3 amide bonds. The molecule has 0 radical (unpaired) electrons. The molecule has 1 atom stereocenters. The highest BCUT2D eigenvalue weighted by molar-refractivity contribution is 7.18. The van der Waals surface area contributed by atoms with E-state index < -0.39 is 6.04 Å². The van der Waals surface area contributed by atoms with Crippen LogP contribution in [0.4, 0.5) is 9.93 Å². The molecule has 4 saturated carbocycles. The Kier molecular flexibility index (Phi) is 6.44. The molecule has 1 unspecified atom stereocenters. The Balaban J connectivity index is 1.15. The minimum Gasteiger partial charge on any atom is -0.333 e. The van der Waals surface area contributed by atoms with E-state index in [1.807, 2.05) is 61.5 Å². The van der Waals surface area contributed by atoms with Gasteiger partial charge in [0.05, 0.1) is 0 Å². The number of aryl methyl sites for hydroxylation is 1. The highest BCUT2D eigenvalue weighted by Gasteiger charge is 2.51. The SMILES string of the molecule is Cc1cccc(-c2nnc(NC(=O)C(Cc3ccccc3)NC(=O)NC34CC5CC(CC(C5)C3)C4)s2)c1. The molecule has 4 fully saturated rings.